The van der Waals surface area contributed by atoms with Crippen LogP contribution < -0.4 is 16.0 Å². The minimum atomic E-state index is 0.0285. The Bertz CT molecular complexity index is 595. The second-order valence-electron chi connectivity index (χ2n) is 6.56. The van der Waals surface area contributed by atoms with Crippen LogP contribution >= 0.6 is 0 Å². The van der Waals surface area contributed by atoms with Crippen molar-refractivity contribution >= 4 is 11.9 Å². The lowest BCUT2D eigenvalue weighted by Crippen LogP contribution is -2.38. The van der Waals surface area contributed by atoms with Gasteiger partial charge in [-0.1, -0.05) is 42.0 Å². The number of hydrogen-bond acceptors (Lipinski definition) is 2. The first-order valence-corrected chi connectivity index (χ1v) is 9.78. The number of benzene rings is 1. The number of allylic oxidation sites excluding steroid dienone is 1. The fourth-order valence-corrected chi connectivity index (χ4v) is 2.97. The number of carbonyl (C=O) groups is 1. The number of nitrogens with one attached hydrogen (secondary N) is 3. The van der Waals surface area contributed by atoms with Gasteiger partial charge in [0.2, 0.25) is 5.91 Å². The fraction of sp³-hybridized carbons (Fsp3) is 0.524. The molecule has 1 aliphatic rings. The van der Waals surface area contributed by atoms with Gasteiger partial charge in [-0.25, -0.2) is 0 Å². The molecule has 0 saturated carbocycles. The average Bonchev–Trinajstić information content (AvgIpc) is 2.68. The van der Waals surface area contributed by atoms with Crippen molar-refractivity contribution in [2.75, 3.05) is 19.6 Å². The van der Waals surface area contributed by atoms with Crippen molar-refractivity contribution in [2.24, 2.45) is 4.99 Å². The zero-order valence-electron chi connectivity index (χ0n) is 15.9. The Hall–Kier alpha value is -2.30. The third-order valence-corrected chi connectivity index (χ3v) is 4.41. The highest BCUT2D eigenvalue weighted by atomic mass is 16.1. The van der Waals surface area contributed by atoms with Crippen molar-refractivity contribution in [3.05, 3.63) is 47.5 Å². The van der Waals surface area contributed by atoms with E-state index in [1.807, 2.05) is 37.3 Å². The summed E-state index contributed by atoms with van der Waals surface area (Å²) in [5.41, 5.74) is 2.66. The summed E-state index contributed by atoms with van der Waals surface area (Å²) in [6.07, 6.45) is 8.95. The predicted molar refractivity (Wildman–Crippen MR) is 108 cm³/mol. The third-order valence-electron chi connectivity index (χ3n) is 4.41. The van der Waals surface area contributed by atoms with Crippen LogP contribution in [0.15, 0.2) is 47.0 Å². The van der Waals surface area contributed by atoms with Crippen molar-refractivity contribution in [3.63, 3.8) is 0 Å². The molecule has 0 aliphatic heterocycles. The van der Waals surface area contributed by atoms with Gasteiger partial charge >= 0.3 is 0 Å². The molecule has 5 heteroatoms. The topological polar surface area (TPSA) is 65.5 Å². The van der Waals surface area contributed by atoms with Gasteiger partial charge in [0.25, 0.3) is 0 Å². The van der Waals surface area contributed by atoms with Crippen LogP contribution in [0.4, 0.5) is 0 Å². The Morgan fingerprint density at radius 2 is 1.96 bits per heavy atom. The standard InChI is InChI=1S/C21H32N4O/c1-2-22-21(23-15-13-18-9-5-3-6-10-18)24-16-14-20(26)25-17-19-11-7-4-8-12-19/h4,7-9,11-12H,2-3,5-6,10,13-17H2,1H3,(H,25,26)(H2,22,23,24). The summed E-state index contributed by atoms with van der Waals surface area (Å²) in [4.78, 5) is 16.5. The van der Waals surface area contributed by atoms with E-state index < -0.39 is 0 Å². The van der Waals surface area contributed by atoms with Crippen molar-refractivity contribution in [1.29, 1.82) is 0 Å². The van der Waals surface area contributed by atoms with Gasteiger partial charge < -0.3 is 16.0 Å². The second kappa shape index (κ2) is 12.1. The van der Waals surface area contributed by atoms with Crippen LogP contribution in [-0.2, 0) is 11.3 Å². The lowest BCUT2D eigenvalue weighted by molar-refractivity contribution is -0.121. The first-order chi connectivity index (χ1) is 12.8. The van der Waals surface area contributed by atoms with Gasteiger partial charge in [-0.15, -0.1) is 0 Å². The molecule has 0 atom stereocenters. The maximum Gasteiger partial charge on any atom is 0.222 e. The number of nitrogens with zero attached hydrogens (tertiary/aromatic N) is 1. The Morgan fingerprint density at radius 3 is 2.69 bits per heavy atom. The van der Waals surface area contributed by atoms with Crippen LogP contribution in [0.2, 0.25) is 0 Å². The minimum Gasteiger partial charge on any atom is -0.357 e. The van der Waals surface area contributed by atoms with Crippen LogP contribution in [0.1, 0.15) is 51.0 Å². The monoisotopic (exact) mass is 356 g/mol. The first kappa shape index (κ1) is 20.0. The zero-order chi connectivity index (χ0) is 18.5. The van der Waals surface area contributed by atoms with Gasteiger partial charge in [-0.3, -0.25) is 9.79 Å². The number of hydrogen-bond donors (Lipinski definition) is 3. The number of carbonyl (C=O) groups excluding carboxylic acids is 1. The zero-order valence-corrected chi connectivity index (χ0v) is 15.9. The van der Waals surface area contributed by atoms with Crippen molar-refractivity contribution in [3.8, 4) is 0 Å². The summed E-state index contributed by atoms with van der Waals surface area (Å²) < 4.78 is 0. The molecule has 5 nitrogen and oxygen atoms in total. The average molecular weight is 357 g/mol. The van der Waals surface area contributed by atoms with Crippen molar-refractivity contribution in [1.82, 2.24) is 16.0 Å². The quantitative estimate of drug-likeness (QED) is 0.362. The Labute approximate surface area is 157 Å². The van der Waals surface area contributed by atoms with Crippen LogP contribution in [-0.4, -0.2) is 31.5 Å². The van der Waals surface area contributed by atoms with Crippen LogP contribution in [0.25, 0.3) is 0 Å². The summed E-state index contributed by atoms with van der Waals surface area (Å²) in [6.45, 7) is 4.80. The third kappa shape index (κ3) is 8.19. The molecule has 26 heavy (non-hydrogen) atoms. The Kier molecular flexibility index (Phi) is 9.33. The second-order valence-corrected chi connectivity index (χ2v) is 6.56. The molecular weight excluding hydrogens is 324 g/mol. The smallest absolute Gasteiger partial charge is 0.222 e. The summed E-state index contributed by atoms with van der Waals surface area (Å²) in [6, 6.07) is 9.94. The van der Waals surface area contributed by atoms with Crippen LogP contribution in [0.5, 0.6) is 0 Å². The van der Waals surface area contributed by atoms with Crippen molar-refractivity contribution in [2.45, 2.75) is 52.0 Å². The normalized spacial score (nSPS) is 14.5. The maximum absolute atomic E-state index is 11.9. The molecule has 1 aromatic rings. The Morgan fingerprint density at radius 1 is 1.12 bits per heavy atom. The van der Waals surface area contributed by atoms with E-state index in [0.717, 1.165) is 31.0 Å². The highest BCUT2D eigenvalue weighted by Crippen LogP contribution is 2.19. The molecule has 1 amide bonds. The molecule has 0 heterocycles. The molecule has 0 bridgehead atoms. The molecule has 0 spiro atoms. The van der Waals surface area contributed by atoms with Gasteiger partial charge in [-0.2, -0.15) is 0 Å². The van der Waals surface area contributed by atoms with Gasteiger partial charge in [-0.05, 0) is 44.6 Å². The molecule has 1 aliphatic carbocycles. The maximum atomic E-state index is 11.9. The highest BCUT2D eigenvalue weighted by molar-refractivity contribution is 5.80. The lowest BCUT2D eigenvalue weighted by Gasteiger charge is -2.15. The molecular formula is C21H32N4O. The fourth-order valence-electron chi connectivity index (χ4n) is 2.97. The molecule has 0 radical (unpaired) electrons. The minimum absolute atomic E-state index is 0.0285. The predicted octanol–water partition coefficient (Wildman–Crippen LogP) is 3.14. The molecule has 2 rings (SSSR count). The van der Waals surface area contributed by atoms with E-state index in [4.69, 9.17) is 0 Å². The largest absolute Gasteiger partial charge is 0.357 e. The molecule has 3 N–H and O–H groups in total. The van der Waals surface area contributed by atoms with E-state index >= 15 is 0 Å². The summed E-state index contributed by atoms with van der Waals surface area (Å²) in [5.74, 6) is 0.820. The van der Waals surface area contributed by atoms with Gasteiger partial charge in [0.15, 0.2) is 5.96 Å². The van der Waals surface area contributed by atoms with Gasteiger partial charge in [0.1, 0.15) is 0 Å². The van der Waals surface area contributed by atoms with Crippen LogP contribution in [0, 0.1) is 0 Å². The SMILES string of the molecule is CCNC(=NCCC(=O)NCc1ccccc1)NCCC1=CCCCC1. The highest BCUT2D eigenvalue weighted by Gasteiger charge is 2.05. The summed E-state index contributed by atoms with van der Waals surface area (Å²) in [5, 5.41) is 9.54. The molecule has 0 unspecified atom stereocenters. The van der Waals surface area contributed by atoms with Crippen molar-refractivity contribution < 1.29 is 4.79 Å². The Balaban J connectivity index is 1.66. The van der Waals surface area contributed by atoms with Gasteiger partial charge in [0.05, 0.1) is 6.54 Å². The van der Waals surface area contributed by atoms with E-state index in [2.05, 4.69) is 27.0 Å². The number of aliphatic imine (C=N–C) groups is 1. The van der Waals surface area contributed by atoms with Gasteiger partial charge in [0, 0.05) is 26.1 Å². The van der Waals surface area contributed by atoms with E-state index in [-0.39, 0.29) is 5.91 Å². The number of guanidine groups is 1. The number of rotatable bonds is 9. The van der Waals surface area contributed by atoms with Crippen LogP contribution in [0.3, 0.4) is 0 Å². The van der Waals surface area contributed by atoms with E-state index in [1.54, 1.807) is 5.57 Å². The lowest BCUT2D eigenvalue weighted by atomic mass is 9.97. The van der Waals surface area contributed by atoms with E-state index in [9.17, 15) is 4.79 Å². The summed E-state index contributed by atoms with van der Waals surface area (Å²) >= 11 is 0. The molecule has 0 fully saturated rings. The molecule has 0 saturated heterocycles. The van der Waals surface area contributed by atoms with E-state index in [0.29, 0.717) is 19.5 Å². The molecule has 142 valence electrons. The summed E-state index contributed by atoms with van der Waals surface area (Å²) in [7, 11) is 0. The molecule has 0 aromatic heterocycles. The first-order valence-electron chi connectivity index (χ1n) is 9.78. The molecule has 1 aromatic carbocycles. The van der Waals surface area contributed by atoms with E-state index in [1.165, 1.54) is 25.7 Å². The number of amides is 1.